The SMILES string of the molecule is O=C(CNc1c(F)c(F)cc(F)c1F)NCC1CC1. The summed E-state index contributed by atoms with van der Waals surface area (Å²) in [6.45, 7) is 0.0481. The molecule has 1 aliphatic carbocycles. The van der Waals surface area contributed by atoms with Crippen molar-refractivity contribution in [2.75, 3.05) is 18.4 Å². The van der Waals surface area contributed by atoms with Gasteiger partial charge in [0.05, 0.1) is 6.54 Å². The molecule has 0 aliphatic heterocycles. The number of hydrogen-bond acceptors (Lipinski definition) is 2. The number of halogens is 4. The van der Waals surface area contributed by atoms with Crippen LogP contribution in [-0.4, -0.2) is 19.0 Å². The standard InChI is InChI=1S/C12H12F4N2O/c13-7-3-8(14)11(16)12(10(7)15)18-5-9(19)17-4-6-1-2-6/h3,6,18H,1-2,4-5H2,(H,17,19). The van der Waals surface area contributed by atoms with E-state index in [2.05, 4.69) is 10.6 Å². The van der Waals surface area contributed by atoms with E-state index in [-0.39, 0.29) is 6.07 Å². The van der Waals surface area contributed by atoms with Crippen molar-refractivity contribution in [2.45, 2.75) is 12.8 Å². The van der Waals surface area contributed by atoms with Crippen molar-refractivity contribution in [2.24, 2.45) is 5.92 Å². The highest BCUT2D eigenvalue weighted by molar-refractivity contribution is 5.80. The zero-order chi connectivity index (χ0) is 14.0. The fourth-order valence-electron chi connectivity index (χ4n) is 1.54. The molecule has 1 aliphatic rings. The Balaban J connectivity index is 1.96. The lowest BCUT2D eigenvalue weighted by atomic mass is 10.2. The van der Waals surface area contributed by atoms with Gasteiger partial charge >= 0.3 is 0 Å². The minimum atomic E-state index is -1.55. The van der Waals surface area contributed by atoms with Crippen LogP contribution in [0, 0.1) is 29.2 Å². The van der Waals surface area contributed by atoms with Crippen molar-refractivity contribution >= 4 is 11.6 Å². The summed E-state index contributed by atoms with van der Waals surface area (Å²) in [6.07, 6.45) is 2.10. The first-order valence-corrected chi connectivity index (χ1v) is 5.82. The topological polar surface area (TPSA) is 41.1 Å². The van der Waals surface area contributed by atoms with Gasteiger partial charge in [0.1, 0.15) is 5.69 Å². The maximum Gasteiger partial charge on any atom is 0.239 e. The van der Waals surface area contributed by atoms with E-state index in [1.165, 1.54) is 0 Å². The van der Waals surface area contributed by atoms with Crippen LogP contribution < -0.4 is 10.6 Å². The van der Waals surface area contributed by atoms with Gasteiger partial charge in [-0.05, 0) is 18.8 Å². The second kappa shape index (κ2) is 5.46. The summed E-state index contributed by atoms with van der Waals surface area (Å²) in [7, 11) is 0. The van der Waals surface area contributed by atoms with Crippen LogP contribution in [0.25, 0.3) is 0 Å². The Bertz CT molecular complexity index is 477. The van der Waals surface area contributed by atoms with Crippen LogP contribution in [0.5, 0.6) is 0 Å². The number of benzene rings is 1. The van der Waals surface area contributed by atoms with Gasteiger partial charge in [-0.3, -0.25) is 4.79 Å². The zero-order valence-electron chi connectivity index (χ0n) is 9.90. The van der Waals surface area contributed by atoms with Crippen LogP contribution in [0.4, 0.5) is 23.2 Å². The third kappa shape index (κ3) is 3.36. The number of anilines is 1. The highest BCUT2D eigenvalue weighted by Gasteiger charge is 2.22. The third-order valence-electron chi connectivity index (χ3n) is 2.82. The Morgan fingerprint density at radius 2 is 1.74 bits per heavy atom. The number of amides is 1. The van der Waals surface area contributed by atoms with Gasteiger partial charge in [-0.2, -0.15) is 0 Å². The summed E-state index contributed by atoms with van der Waals surface area (Å²) in [6, 6.07) is 0.114. The molecule has 0 saturated heterocycles. The summed E-state index contributed by atoms with van der Waals surface area (Å²) >= 11 is 0. The van der Waals surface area contributed by atoms with E-state index in [1.807, 2.05) is 0 Å². The van der Waals surface area contributed by atoms with Gasteiger partial charge in [-0.25, -0.2) is 17.6 Å². The molecule has 0 atom stereocenters. The fourth-order valence-corrected chi connectivity index (χ4v) is 1.54. The van der Waals surface area contributed by atoms with E-state index in [1.54, 1.807) is 0 Å². The van der Waals surface area contributed by atoms with Crippen molar-refractivity contribution in [3.05, 3.63) is 29.3 Å². The maximum atomic E-state index is 13.2. The number of carbonyl (C=O) groups is 1. The smallest absolute Gasteiger partial charge is 0.239 e. The van der Waals surface area contributed by atoms with Crippen LogP contribution in [0.2, 0.25) is 0 Å². The number of rotatable bonds is 5. The van der Waals surface area contributed by atoms with E-state index in [0.29, 0.717) is 12.5 Å². The maximum absolute atomic E-state index is 13.2. The van der Waals surface area contributed by atoms with Crippen molar-refractivity contribution in [1.29, 1.82) is 0 Å². The Morgan fingerprint density at radius 3 is 2.26 bits per heavy atom. The Hall–Kier alpha value is -1.79. The quantitative estimate of drug-likeness (QED) is 0.639. The molecule has 2 N–H and O–H groups in total. The predicted molar refractivity (Wildman–Crippen MR) is 60.5 cm³/mol. The molecular weight excluding hydrogens is 264 g/mol. The first-order valence-electron chi connectivity index (χ1n) is 5.82. The first-order chi connectivity index (χ1) is 8.99. The van der Waals surface area contributed by atoms with Crippen LogP contribution in [0.3, 0.4) is 0 Å². The molecule has 1 aromatic rings. The molecule has 1 saturated carbocycles. The van der Waals surface area contributed by atoms with E-state index >= 15 is 0 Å². The monoisotopic (exact) mass is 276 g/mol. The lowest BCUT2D eigenvalue weighted by molar-refractivity contribution is -0.119. The number of nitrogens with one attached hydrogen (secondary N) is 2. The zero-order valence-corrected chi connectivity index (χ0v) is 9.90. The van der Waals surface area contributed by atoms with Crippen molar-refractivity contribution in [3.63, 3.8) is 0 Å². The van der Waals surface area contributed by atoms with Gasteiger partial charge in [-0.15, -0.1) is 0 Å². The lowest BCUT2D eigenvalue weighted by Gasteiger charge is -2.10. The van der Waals surface area contributed by atoms with E-state index < -0.39 is 41.4 Å². The first kappa shape index (κ1) is 13.6. The summed E-state index contributed by atoms with van der Waals surface area (Å²) in [5.74, 6) is -6.15. The van der Waals surface area contributed by atoms with E-state index in [4.69, 9.17) is 0 Å². The normalized spacial score (nSPS) is 14.3. The van der Waals surface area contributed by atoms with Crippen molar-refractivity contribution in [1.82, 2.24) is 5.32 Å². The largest absolute Gasteiger partial charge is 0.371 e. The van der Waals surface area contributed by atoms with Crippen LogP contribution in [0.15, 0.2) is 6.07 Å². The second-order valence-electron chi connectivity index (χ2n) is 4.44. The molecule has 1 fully saturated rings. The summed E-state index contributed by atoms with van der Waals surface area (Å²) in [4.78, 5) is 11.3. The van der Waals surface area contributed by atoms with Crippen LogP contribution in [-0.2, 0) is 4.79 Å². The number of hydrogen-bond donors (Lipinski definition) is 2. The van der Waals surface area contributed by atoms with Crippen molar-refractivity contribution < 1.29 is 22.4 Å². The molecule has 0 radical (unpaired) electrons. The molecule has 0 bridgehead atoms. The van der Waals surface area contributed by atoms with Crippen LogP contribution >= 0.6 is 0 Å². The average Bonchev–Trinajstić information content (AvgIpc) is 3.18. The minimum Gasteiger partial charge on any atom is -0.371 e. The molecule has 0 aromatic heterocycles. The Morgan fingerprint density at radius 1 is 1.16 bits per heavy atom. The minimum absolute atomic E-state index is 0.114. The molecule has 0 unspecified atom stereocenters. The number of carbonyl (C=O) groups excluding carboxylic acids is 1. The highest BCUT2D eigenvalue weighted by atomic mass is 19.2. The summed E-state index contributed by atoms with van der Waals surface area (Å²) in [5.41, 5.74) is -0.973. The van der Waals surface area contributed by atoms with Crippen LogP contribution in [0.1, 0.15) is 12.8 Å². The molecule has 0 heterocycles. The second-order valence-corrected chi connectivity index (χ2v) is 4.44. The summed E-state index contributed by atoms with van der Waals surface area (Å²) < 4.78 is 52.3. The van der Waals surface area contributed by atoms with Crippen molar-refractivity contribution in [3.8, 4) is 0 Å². The molecule has 3 nitrogen and oxygen atoms in total. The third-order valence-corrected chi connectivity index (χ3v) is 2.82. The molecule has 0 spiro atoms. The Kier molecular flexibility index (Phi) is 3.92. The van der Waals surface area contributed by atoms with Gasteiger partial charge in [-0.1, -0.05) is 0 Å². The van der Waals surface area contributed by atoms with Gasteiger partial charge in [0.2, 0.25) is 5.91 Å². The molecule has 104 valence electrons. The van der Waals surface area contributed by atoms with Gasteiger partial charge in [0.25, 0.3) is 0 Å². The highest BCUT2D eigenvalue weighted by Crippen LogP contribution is 2.27. The average molecular weight is 276 g/mol. The molecule has 1 amide bonds. The van der Waals surface area contributed by atoms with Gasteiger partial charge in [0, 0.05) is 12.6 Å². The predicted octanol–water partition coefficient (Wildman–Crippen LogP) is 2.18. The lowest BCUT2D eigenvalue weighted by Crippen LogP contribution is -2.31. The molecule has 1 aromatic carbocycles. The molecule has 7 heteroatoms. The molecule has 2 rings (SSSR count). The van der Waals surface area contributed by atoms with Gasteiger partial charge < -0.3 is 10.6 Å². The van der Waals surface area contributed by atoms with Gasteiger partial charge in [0.15, 0.2) is 23.3 Å². The Labute approximate surface area is 107 Å². The fraction of sp³-hybridized carbons (Fsp3) is 0.417. The molecule has 19 heavy (non-hydrogen) atoms. The van der Waals surface area contributed by atoms with E-state index in [9.17, 15) is 22.4 Å². The van der Waals surface area contributed by atoms with E-state index in [0.717, 1.165) is 12.8 Å². The summed E-state index contributed by atoms with van der Waals surface area (Å²) in [5, 5.41) is 4.61. The molecular formula is C12H12F4N2O.